The Hall–Kier alpha value is -8.11. The summed E-state index contributed by atoms with van der Waals surface area (Å²) in [6.07, 6.45) is -0.168. The quantitative estimate of drug-likeness (QED) is 0.0594. The molecule has 468 valence electrons. The number of amides is 1. The number of benzene rings is 3. The number of carboxylic acids is 4. The van der Waals surface area contributed by atoms with Gasteiger partial charge in [0.15, 0.2) is 35.9 Å². The highest BCUT2D eigenvalue weighted by Crippen LogP contribution is 2.68. The van der Waals surface area contributed by atoms with Gasteiger partial charge in [0.2, 0.25) is 6.79 Å². The molecule has 1 amide bonds. The van der Waals surface area contributed by atoms with E-state index in [-0.39, 0.29) is 31.3 Å². The van der Waals surface area contributed by atoms with Gasteiger partial charge in [-0.15, -0.1) is 0 Å². The van der Waals surface area contributed by atoms with Gasteiger partial charge in [-0.25, -0.2) is 19.2 Å². The minimum atomic E-state index is -2.27. The van der Waals surface area contributed by atoms with Crippen molar-refractivity contribution in [3.05, 3.63) is 106 Å². The molecule has 13 atom stereocenters. The lowest BCUT2D eigenvalue weighted by Gasteiger charge is -2.64. The van der Waals surface area contributed by atoms with E-state index in [1.54, 1.807) is 25.3 Å². The Kier molecular flexibility index (Phi) is 17.9. The highest BCUT2D eigenvalue weighted by atomic mass is 16.7. The Labute approximate surface area is 499 Å². The number of aromatic amines is 1. The van der Waals surface area contributed by atoms with E-state index in [0.29, 0.717) is 60.7 Å². The largest absolute Gasteiger partial charge is 0.496 e. The number of fused-ring (bicyclic) bond motifs is 7. The van der Waals surface area contributed by atoms with E-state index in [1.807, 2.05) is 19.2 Å². The Morgan fingerprint density at radius 2 is 1.48 bits per heavy atom. The van der Waals surface area contributed by atoms with E-state index in [4.69, 9.17) is 64.5 Å². The third kappa shape index (κ3) is 10.8. The molecule has 0 radical (unpaired) electrons. The minimum Gasteiger partial charge on any atom is -0.496 e. The number of carbonyl (C=O) groups is 7. The van der Waals surface area contributed by atoms with Crippen LogP contribution in [0.5, 0.6) is 17.2 Å². The fourth-order valence-corrected chi connectivity index (χ4v) is 14.9. The summed E-state index contributed by atoms with van der Waals surface area (Å²) < 4.78 is 30.1. The van der Waals surface area contributed by atoms with Gasteiger partial charge < -0.3 is 84.8 Å². The molecule has 26 nitrogen and oxygen atoms in total. The summed E-state index contributed by atoms with van der Waals surface area (Å²) >= 11 is 0. The summed E-state index contributed by atoms with van der Waals surface area (Å²) in [7, 11) is 5.11. The van der Waals surface area contributed by atoms with E-state index in [0.717, 1.165) is 65.9 Å². The summed E-state index contributed by atoms with van der Waals surface area (Å²) in [6.45, 7) is 9.45. The maximum absolute atomic E-state index is 15.5. The number of H-pyrrole nitrogens is 1. The van der Waals surface area contributed by atoms with Crippen molar-refractivity contribution < 1.29 is 103 Å². The second-order valence-corrected chi connectivity index (χ2v) is 23.1. The standard InChI is InChI=1S/C53H61N5O9.2C4H6O6/c1-7-32-22-33-26-52(49(61)64-6,44-36(16-20-57(27-32)28-33)35-12-9-10-13-39(35)55-44)38-24-37-40(25-42(38)63-5)56(4)47-51(37)18-21-58-19-11-17-50(8-2,46(51)58)48(67-31(3)59)53(47,62)29-54-45(60)34-14-15-41-43(23-34)66-30-65-41;2*5-1(3(7)8)2(6)4(9)10/h9-15,17,22-25,33,46-48,55,62H,7-8,16,18-21,26-30H2,1-6H3,(H,54,60);2*1-2,5-6H,(H,7,8)(H,9,10)/t33-,46-,47+,48+,50+,51+,52-,53-;;/m0../s1. The van der Waals surface area contributed by atoms with Gasteiger partial charge in [0.1, 0.15) is 22.9 Å². The third-order valence-corrected chi connectivity index (χ3v) is 18.4. The predicted molar refractivity (Wildman–Crippen MR) is 306 cm³/mol. The molecule has 1 spiro atoms. The number of esters is 2. The molecule has 7 aliphatic rings. The zero-order chi connectivity index (χ0) is 63.2. The number of likely N-dealkylation sites (N-methyl/N-ethyl adjacent to an activating group) is 1. The van der Waals surface area contributed by atoms with Gasteiger partial charge in [0.25, 0.3) is 5.91 Å². The van der Waals surface area contributed by atoms with Crippen LogP contribution in [0.1, 0.15) is 79.2 Å². The molecule has 2 bridgehead atoms. The summed E-state index contributed by atoms with van der Waals surface area (Å²) in [5.41, 5.74) is 2.21. The number of aliphatic hydroxyl groups is 5. The van der Waals surface area contributed by atoms with Crippen LogP contribution in [0.25, 0.3) is 10.9 Å². The first-order chi connectivity index (χ1) is 41.3. The topological polar surface area (TPSA) is 385 Å². The van der Waals surface area contributed by atoms with E-state index in [2.05, 4.69) is 81.3 Å². The molecule has 1 aromatic heterocycles. The van der Waals surface area contributed by atoms with Crippen LogP contribution in [0.4, 0.5) is 5.69 Å². The van der Waals surface area contributed by atoms with E-state index in [9.17, 15) is 33.9 Å². The van der Waals surface area contributed by atoms with Crippen molar-refractivity contribution in [1.82, 2.24) is 20.1 Å². The molecule has 11 N–H and O–H groups in total. The Balaban J connectivity index is 0.000000388. The zero-order valence-electron chi connectivity index (χ0n) is 48.8. The van der Waals surface area contributed by atoms with Crippen LogP contribution in [-0.4, -0.2) is 218 Å². The Bertz CT molecular complexity index is 3370. The molecule has 87 heavy (non-hydrogen) atoms. The normalized spacial score (nSPS) is 28.4. The monoisotopic (exact) mass is 1210 g/mol. The number of hydrogen-bond donors (Lipinski definition) is 11. The number of aromatic nitrogens is 1. The fourth-order valence-electron chi connectivity index (χ4n) is 14.9. The molecule has 4 aromatic rings. The predicted octanol–water partition coefficient (Wildman–Crippen LogP) is 1.54. The number of aliphatic carboxylic acids is 4. The molecule has 11 rings (SSSR count). The number of anilines is 1. The van der Waals surface area contributed by atoms with Crippen molar-refractivity contribution in [2.75, 3.05) is 72.2 Å². The van der Waals surface area contributed by atoms with Gasteiger partial charge in [-0.2, -0.15) is 0 Å². The minimum absolute atomic E-state index is 0.0162. The van der Waals surface area contributed by atoms with E-state index < -0.39 is 94.2 Å². The highest BCUT2D eigenvalue weighted by molar-refractivity contribution is 5.96. The molecular weight excluding hydrogens is 1140 g/mol. The lowest BCUT2D eigenvalue weighted by molar-refractivity contribution is -0.216. The van der Waals surface area contributed by atoms with Gasteiger partial charge in [-0.3, -0.25) is 24.2 Å². The van der Waals surface area contributed by atoms with Crippen molar-refractivity contribution in [3.8, 4) is 17.2 Å². The van der Waals surface area contributed by atoms with Crippen LogP contribution < -0.4 is 24.4 Å². The van der Waals surface area contributed by atoms with Crippen molar-refractivity contribution in [2.45, 2.75) is 112 Å². The number of carboxylic acid groups (broad SMARTS) is 4. The Morgan fingerprint density at radius 1 is 0.828 bits per heavy atom. The van der Waals surface area contributed by atoms with Crippen molar-refractivity contribution in [3.63, 3.8) is 0 Å². The van der Waals surface area contributed by atoms with Gasteiger partial charge in [-0.1, -0.05) is 55.8 Å². The van der Waals surface area contributed by atoms with Crippen LogP contribution in [-0.2, 0) is 55.5 Å². The average molecular weight is 1210 g/mol. The number of ether oxygens (including phenoxy) is 5. The number of rotatable bonds is 15. The maximum Gasteiger partial charge on any atom is 0.335 e. The third-order valence-electron chi connectivity index (χ3n) is 18.4. The number of para-hydroxylation sites is 1. The SMILES string of the molecule is CCC1=C[C@@H]2CN(CCc3c([nH]c4ccccc34)[C@@](C(=O)OC)(c3cc4c(cc3OC)N(C)[C@H]3[C@@](O)(CNC(=O)c5ccc6c(c5)OCO6)[C@H](OC(C)=O)[C@]5(CC)C=CCN6CC[C@]43[C@@H]65)C2)C1.O=C(O)C(O)C(O)C(=O)O.O=C(O)C(O)C(O)C(=O)O. The molecule has 2 fully saturated rings. The molecule has 1 saturated carbocycles. The molecule has 5 unspecified atom stereocenters. The zero-order valence-corrected chi connectivity index (χ0v) is 48.8. The van der Waals surface area contributed by atoms with Gasteiger partial charge in [0.05, 0.1) is 26.8 Å². The summed E-state index contributed by atoms with van der Waals surface area (Å²) in [5.74, 6) is -6.82. The van der Waals surface area contributed by atoms with Gasteiger partial charge in [0, 0.05) is 96.5 Å². The summed E-state index contributed by atoms with van der Waals surface area (Å²) in [5, 5.41) is 83.3. The number of hydrogen-bond acceptors (Lipinski definition) is 20. The first kappa shape index (κ1) is 63.4. The number of aliphatic hydroxyl groups excluding tert-OH is 4. The van der Waals surface area contributed by atoms with Gasteiger partial charge >= 0.3 is 35.8 Å². The van der Waals surface area contributed by atoms with Crippen LogP contribution in [0.3, 0.4) is 0 Å². The number of nitrogens with one attached hydrogen (secondary N) is 2. The molecule has 1 aliphatic carbocycles. The van der Waals surface area contributed by atoms with Crippen LogP contribution >= 0.6 is 0 Å². The lowest BCUT2D eigenvalue weighted by atomic mass is 9.47. The number of carbonyl (C=O) groups excluding carboxylic acids is 3. The summed E-state index contributed by atoms with van der Waals surface area (Å²) in [6, 6.07) is 16.6. The first-order valence-corrected chi connectivity index (χ1v) is 28.5. The van der Waals surface area contributed by atoms with E-state index in [1.165, 1.54) is 19.6 Å². The molecular formula is C61H73N5O21. The van der Waals surface area contributed by atoms with Crippen LogP contribution in [0.2, 0.25) is 0 Å². The van der Waals surface area contributed by atoms with Crippen molar-refractivity contribution >= 4 is 58.3 Å². The second-order valence-electron chi connectivity index (χ2n) is 23.1. The first-order valence-electron chi connectivity index (χ1n) is 28.5. The molecule has 7 heterocycles. The van der Waals surface area contributed by atoms with Crippen molar-refractivity contribution in [1.29, 1.82) is 0 Å². The maximum atomic E-state index is 15.5. The molecule has 26 heteroatoms. The molecule has 1 saturated heterocycles. The number of nitrogens with zero attached hydrogens (tertiary/aromatic N) is 3. The molecule has 6 aliphatic heterocycles. The lowest BCUT2D eigenvalue weighted by Crippen LogP contribution is -2.81. The Morgan fingerprint density at radius 3 is 2.09 bits per heavy atom. The average Bonchev–Trinajstić information content (AvgIpc) is 1.52. The highest BCUT2D eigenvalue weighted by Gasteiger charge is 2.78. The van der Waals surface area contributed by atoms with Crippen LogP contribution in [0.15, 0.2) is 78.4 Å². The number of methoxy groups -OCH3 is 2. The second kappa shape index (κ2) is 24.6. The fraction of sp³-hybridized carbons (Fsp3) is 0.492. The van der Waals surface area contributed by atoms with E-state index >= 15 is 4.79 Å². The van der Waals surface area contributed by atoms with Crippen LogP contribution in [0, 0.1) is 11.3 Å². The van der Waals surface area contributed by atoms with Gasteiger partial charge in [-0.05, 0) is 86.0 Å². The van der Waals surface area contributed by atoms with Crippen molar-refractivity contribution in [2.24, 2.45) is 11.3 Å². The summed E-state index contributed by atoms with van der Waals surface area (Å²) in [4.78, 5) is 93.1. The molecule has 3 aromatic carbocycles. The smallest absolute Gasteiger partial charge is 0.335 e.